The Morgan fingerprint density at radius 3 is 2.90 bits per heavy atom. The number of fused-ring (bicyclic) bond motifs is 1. The van der Waals surface area contributed by atoms with Crippen LogP contribution >= 0.6 is 11.5 Å². The fourth-order valence-electron chi connectivity index (χ4n) is 2.54. The van der Waals surface area contributed by atoms with Crippen molar-refractivity contribution in [2.75, 3.05) is 12.4 Å². The van der Waals surface area contributed by atoms with Gasteiger partial charge in [-0.25, -0.2) is 9.37 Å². The van der Waals surface area contributed by atoms with Crippen LogP contribution in [-0.2, 0) is 6.54 Å². The number of aryl methyl sites for hydroxylation is 2. The van der Waals surface area contributed by atoms with Crippen molar-refractivity contribution in [1.82, 2.24) is 13.9 Å². The first-order valence-corrected chi connectivity index (χ1v) is 7.73. The van der Waals surface area contributed by atoms with E-state index < -0.39 is 0 Å². The first-order chi connectivity index (χ1) is 10.2. The van der Waals surface area contributed by atoms with Crippen LogP contribution in [0, 0.1) is 12.7 Å². The van der Waals surface area contributed by atoms with Gasteiger partial charge in [0.05, 0.1) is 22.3 Å². The molecule has 0 saturated carbocycles. The quantitative estimate of drug-likeness (QED) is 0.790. The molecule has 0 atom stereocenters. The Morgan fingerprint density at radius 1 is 1.38 bits per heavy atom. The van der Waals surface area contributed by atoms with Gasteiger partial charge in [-0.05, 0) is 43.1 Å². The molecule has 1 aromatic carbocycles. The molecular weight excluding hydrogens is 287 g/mol. The predicted octanol–water partition coefficient (Wildman–Crippen LogP) is 4.06. The third-order valence-corrected chi connectivity index (χ3v) is 4.43. The highest BCUT2D eigenvalue weighted by atomic mass is 32.1. The number of aromatic nitrogens is 3. The van der Waals surface area contributed by atoms with Crippen molar-refractivity contribution < 1.29 is 4.39 Å². The first kappa shape index (κ1) is 14.0. The van der Waals surface area contributed by atoms with E-state index in [1.807, 2.05) is 14.0 Å². The highest BCUT2D eigenvalue weighted by Gasteiger charge is 2.19. The lowest BCUT2D eigenvalue weighted by atomic mass is 10.2. The Bertz CT molecular complexity index is 790. The average molecular weight is 304 g/mol. The van der Waals surface area contributed by atoms with Gasteiger partial charge in [-0.3, -0.25) is 0 Å². The zero-order valence-electron chi connectivity index (χ0n) is 12.3. The lowest BCUT2D eigenvalue weighted by Crippen LogP contribution is -2.01. The van der Waals surface area contributed by atoms with Gasteiger partial charge in [0.25, 0.3) is 0 Å². The highest BCUT2D eigenvalue weighted by Crippen LogP contribution is 2.35. The van der Waals surface area contributed by atoms with E-state index in [1.54, 1.807) is 12.1 Å². The van der Waals surface area contributed by atoms with E-state index in [2.05, 4.69) is 21.2 Å². The van der Waals surface area contributed by atoms with Gasteiger partial charge in [-0.15, -0.1) is 0 Å². The number of hydrogen-bond acceptors (Lipinski definition) is 4. The molecule has 110 valence electrons. The molecule has 0 radical (unpaired) electrons. The summed E-state index contributed by atoms with van der Waals surface area (Å²) < 4.78 is 20.1. The van der Waals surface area contributed by atoms with E-state index >= 15 is 0 Å². The molecule has 0 fully saturated rings. The molecule has 0 aliphatic rings. The molecule has 6 heteroatoms. The fraction of sp³-hybridized carbons (Fsp3) is 0.333. The number of benzene rings is 1. The molecule has 0 aliphatic carbocycles. The van der Waals surface area contributed by atoms with Crippen molar-refractivity contribution in [2.45, 2.75) is 26.8 Å². The van der Waals surface area contributed by atoms with Gasteiger partial charge < -0.3 is 9.88 Å². The minimum absolute atomic E-state index is 0.236. The smallest absolute Gasteiger partial charge is 0.146 e. The number of nitrogens with zero attached hydrogens (tertiary/aromatic N) is 3. The minimum atomic E-state index is -0.236. The van der Waals surface area contributed by atoms with Crippen LogP contribution in [0.25, 0.3) is 22.4 Å². The summed E-state index contributed by atoms with van der Waals surface area (Å²) in [6, 6.07) is 4.73. The third kappa shape index (κ3) is 2.29. The topological polar surface area (TPSA) is 42.7 Å². The molecule has 2 heterocycles. The van der Waals surface area contributed by atoms with Gasteiger partial charge in [0.15, 0.2) is 0 Å². The van der Waals surface area contributed by atoms with E-state index in [-0.39, 0.29) is 5.82 Å². The Labute approximate surface area is 126 Å². The number of hydrogen-bond donors (Lipinski definition) is 1. The summed E-state index contributed by atoms with van der Waals surface area (Å²) >= 11 is 1.42. The second-order valence-corrected chi connectivity index (χ2v) is 5.72. The van der Waals surface area contributed by atoms with Gasteiger partial charge in [0, 0.05) is 13.6 Å². The summed E-state index contributed by atoms with van der Waals surface area (Å²) in [6.07, 6.45) is 0.959. The summed E-state index contributed by atoms with van der Waals surface area (Å²) in [5.74, 6) is 0.619. The molecular formula is C15H17FN4S. The van der Waals surface area contributed by atoms with Crippen molar-refractivity contribution in [3.63, 3.8) is 0 Å². The summed E-state index contributed by atoms with van der Waals surface area (Å²) in [4.78, 5) is 4.71. The van der Waals surface area contributed by atoms with Crippen LogP contribution in [0.1, 0.15) is 19.0 Å². The monoisotopic (exact) mass is 304 g/mol. The van der Waals surface area contributed by atoms with Crippen molar-refractivity contribution >= 4 is 27.6 Å². The Balaban J connectivity index is 2.31. The molecule has 3 rings (SSSR count). The molecule has 0 amide bonds. The SMILES string of the molecule is CCCn1c(-c2c(C)nsc2NC)nc2ccc(F)cc21. The number of halogens is 1. The maximum atomic E-state index is 13.6. The minimum Gasteiger partial charge on any atom is -0.378 e. The van der Waals surface area contributed by atoms with Gasteiger partial charge in [-0.1, -0.05) is 6.92 Å². The van der Waals surface area contributed by atoms with Crippen LogP contribution in [0.5, 0.6) is 0 Å². The Kier molecular flexibility index (Phi) is 3.63. The zero-order chi connectivity index (χ0) is 15.0. The van der Waals surface area contributed by atoms with Crippen LogP contribution < -0.4 is 5.32 Å². The molecule has 21 heavy (non-hydrogen) atoms. The molecule has 0 saturated heterocycles. The molecule has 3 aromatic rings. The van der Waals surface area contributed by atoms with Crippen molar-refractivity contribution in [3.05, 3.63) is 29.7 Å². The summed E-state index contributed by atoms with van der Waals surface area (Å²) in [7, 11) is 1.88. The van der Waals surface area contributed by atoms with E-state index in [0.29, 0.717) is 0 Å². The van der Waals surface area contributed by atoms with E-state index in [1.165, 1.54) is 17.6 Å². The van der Waals surface area contributed by atoms with Crippen LogP contribution in [0.3, 0.4) is 0 Å². The first-order valence-electron chi connectivity index (χ1n) is 6.96. The van der Waals surface area contributed by atoms with Gasteiger partial charge >= 0.3 is 0 Å². The Morgan fingerprint density at radius 2 is 2.19 bits per heavy atom. The van der Waals surface area contributed by atoms with Gasteiger partial charge in [0.1, 0.15) is 16.6 Å². The average Bonchev–Trinajstić information content (AvgIpc) is 3.00. The van der Waals surface area contributed by atoms with Crippen molar-refractivity contribution in [2.24, 2.45) is 0 Å². The second-order valence-electron chi connectivity index (χ2n) is 4.94. The largest absolute Gasteiger partial charge is 0.378 e. The van der Waals surface area contributed by atoms with Crippen molar-refractivity contribution in [3.8, 4) is 11.4 Å². The van der Waals surface area contributed by atoms with Crippen LogP contribution in [0.2, 0.25) is 0 Å². The van der Waals surface area contributed by atoms with Crippen molar-refractivity contribution in [1.29, 1.82) is 0 Å². The lowest BCUT2D eigenvalue weighted by Gasteiger charge is -2.08. The normalized spacial score (nSPS) is 11.2. The van der Waals surface area contributed by atoms with Crippen LogP contribution in [-0.4, -0.2) is 21.0 Å². The fourth-order valence-corrected chi connectivity index (χ4v) is 3.28. The lowest BCUT2D eigenvalue weighted by molar-refractivity contribution is 0.627. The molecule has 1 N–H and O–H groups in total. The predicted molar refractivity (Wildman–Crippen MR) is 85.4 cm³/mol. The number of rotatable bonds is 4. The number of nitrogens with one attached hydrogen (secondary N) is 1. The molecule has 0 bridgehead atoms. The summed E-state index contributed by atoms with van der Waals surface area (Å²) in [5, 5.41) is 4.16. The number of anilines is 1. The molecule has 4 nitrogen and oxygen atoms in total. The summed E-state index contributed by atoms with van der Waals surface area (Å²) in [6.45, 7) is 4.88. The number of imidazole rings is 1. The second kappa shape index (κ2) is 5.44. The van der Waals surface area contributed by atoms with Crippen LogP contribution in [0.15, 0.2) is 18.2 Å². The summed E-state index contributed by atoms with van der Waals surface area (Å²) in [5.41, 5.74) is 3.59. The molecule has 0 spiro atoms. The third-order valence-electron chi connectivity index (χ3n) is 3.47. The molecule has 2 aromatic heterocycles. The van der Waals surface area contributed by atoms with Gasteiger partial charge in [-0.2, -0.15) is 4.37 Å². The maximum Gasteiger partial charge on any atom is 0.146 e. The standard InChI is InChI=1S/C15H17FN4S/c1-4-7-20-12-8-10(16)5-6-11(12)18-14(20)13-9(2)19-21-15(13)17-3/h5-6,8,17H,4,7H2,1-3H3. The van der Waals surface area contributed by atoms with E-state index in [0.717, 1.165) is 46.1 Å². The molecule has 0 aliphatic heterocycles. The van der Waals surface area contributed by atoms with Crippen LogP contribution in [0.4, 0.5) is 9.39 Å². The van der Waals surface area contributed by atoms with Gasteiger partial charge in [0.2, 0.25) is 0 Å². The molecule has 0 unspecified atom stereocenters. The van der Waals surface area contributed by atoms with E-state index in [4.69, 9.17) is 4.98 Å². The highest BCUT2D eigenvalue weighted by molar-refractivity contribution is 7.10. The maximum absolute atomic E-state index is 13.6. The van der Waals surface area contributed by atoms with E-state index in [9.17, 15) is 4.39 Å². The Hall–Kier alpha value is -1.95. The zero-order valence-corrected chi connectivity index (χ0v) is 13.1.